The van der Waals surface area contributed by atoms with Gasteiger partial charge in [-0.05, 0) is 54.8 Å². The molecule has 0 amide bonds. The minimum Gasteiger partial charge on any atom is -0.497 e. The van der Waals surface area contributed by atoms with E-state index in [1.54, 1.807) is 28.4 Å². The minimum atomic E-state index is 0.235. The summed E-state index contributed by atoms with van der Waals surface area (Å²) in [5.41, 5.74) is 4.59. The number of nitrogens with one attached hydrogen (secondary N) is 1. The van der Waals surface area contributed by atoms with Gasteiger partial charge in [-0.15, -0.1) is 0 Å². The van der Waals surface area contributed by atoms with Crippen LogP contribution in [0, 0.1) is 0 Å². The van der Waals surface area contributed by atoms with E-state index in [-0.39, 0.29) is 6.04 Å². The van der Waals surface area contributed by atoms with Crippen LogP contribution < -0.4 is 24.3 Å². The Kier molecular flexibility index (Phi) is 5.04. The van der Waals surface area contributed by atoms with Crippen molar-refractivity contribution in [3.8, 4) is 34.1 Å². The second kappa shape index (κ2) is 7.23. The maximum atomic E-state index is 5.76. The van der Waals surface area contributed by atoms with E-state index < -0.39 is 0 Å². The van der Waals surface area contributed by atoms with Gasteiger partial charge in [0.25, 0.3) is 0 Å². The van der Waals surface area contributed by atoms with Crippen molar-refractivity contribution in [1.82, 2.24) is 5.32 Å². The zero-order valence-electron chi connectivity index (χ0n) is 15.4. The predicted octanol–water partition coefficient (Wildman–Crippen LogP) is 3.59. The molecule has 1 atom stereocenters. The van der Waals surface area contributed by atoms with E-state index in [2.05, 4.69) is 23.5 Å². The summed E-state index contributed by atoms with van der Waals surface area (Å²) in [4.78, 5) is 0. The molecule has 5 heteroatoms. The third-order valence-corrected chi connectivity index (χ3v) is 4.87. The van der Waals surface area contributed by atoms with E-state index in [9.17, 15) is 0 Å². The molecule has 0 saturated heterocycles. The number of ether oxygens (including phenoxy) is 4. The fourth-order valence-electron chi connectivity index (χ4n) is 3.64. The van der Waals surface area contributed by atoms with Crippen LogP contribution in [-0.4, -0.2) is 35.5 Å². The maximum Gasteiger partial charge on any atom is 0.203 e. The zero-order valence-corrected chi connectivity index (χ0v) is 15.4. The highest BCUT2D eigenvalue weighted by Crippen LogP contribution is 2.50. The van der Waals surface area contributed by atoms with Gasteiger partial charge in [-0.2, -0.15) is 0 Å². The summed E-state index contributed by atoms with van der Waals surface area (Å²) in [5.74, 6) is 2.87. The number of rotatable bonds is 5. The van der Waals surface area contributed by atoms with Crippen LogP contribution >= 0.6 is 0 Å². The Morgan fingerprint density at radius 1 is 0.920 bits per heavy atom. The van der Waals surface area contributed by atoms with E-state index >= 15 is 0 Å². The number of fused-ring (bicyclic) bond motifs is 3. The molecular weight excluding hydrogens is 318 g/mol. The maximum absolute atomic E-state index is 5.76. The fraction of sp³-hybridized carbons (Fsp3) is 0.400. The van der Waals surface area contributed by atoms with Crippen LogP contribution in [0.3, 0.4) is 0 Å². The summed E-state index contributed by atoms with van der Waals surface area (Å²) in [5, 5.41) is 3.42. The Morgan fingerprint density at radius 3 is 2.28 bits per heavy atom. The molecule has 0 aliphatic heterocycles. The minimum absolute atomic E-state index is 0.235. The molecule has 0 fully saturated rings. The number of benzene rings is 2. The second-order valence-electron chi connectivity index (χ2n) is 6.01. The monoisotopic (exact) mass is 343 g/mol. The van der Waals surface area contributed by atoms with Gasteiger partial charge in [0.1, 0.15) is 5.75 Å². The highest BCUT2D eigenvalue weighted by molar-refractivity contribution is 5.83. The zero-order chi connectivity index (χ0) is 18.0. The van der Waals surface area contributed by atoms with E-state index in [1.807, 2.05) is 13.1 Å². The first-order valence-corrected chi connectivity index (χ1v) is 8.35. The van der Waals surface area contributed by atoms with Crippen LogP contribution in [-0.2, 0) is 6.42 Å². The van der Waals surface area contributed by atoms with Gasteiger partial charge in [-0.3, -0.25) is 0 Å². The smallest absolute Gasteiger partial charge is 0.203 e. The molecule has 0 aromatic heterocycles. The van der Waals surface area contributed by atoms with Crippen LogP contribution in [0.5, 0.6) is 23.0 Å². The fourth-order valence-corrected chi connectivity index (χ4v) is 3.64. The average molecular weight is 343 g/mol. The first-order chi connectivity index (χ1) is 12.2. The third-order valence-electron chi connectivity index (χ3n) is 4.87. The number of hydrogen-bond acceptors (Lipinski definition) is 5. The second-order valence-corrected chi connectivity index (χ2v) is 6.01. The quantitative estimate of drug-likeness (QED) is 0.899. The van der Waals surface area contributed by atoms with E-state index in [1.165, 1.54) is 11.1 Å². The molecule has 0 radical (unpaired) electrons. The lowest BCUT2D eigenvalue weighted by molar-refractivity contribution is 0.324. The highest BCUT2D eigenvalue weighted by Gasteiger charge is 2.28. The number of methoxy groups -OCH3 is 4. The summed E-state index contributed by atoms with van der Waals surface area (Å²) in [6.07, 6.45) is 1.89. The Bertz CT molecular complexity index is 773. The Balaban J connectivity index is 2.33. The van der Waals surface area contributed by atoms with Gasteiger partial charge in [-0.1, -0.05) is 6.07 Å². The van der Waals surface area contributed by atoms with Gasteiger partial charge in [0.05, 0.1) is 28.4 Å². The SMILES string of the molecule is CN[C@H]1CCc2cc(OC)c(OC)c(OC)c2-c2ccc(OC)cc21. The lowest BCUT2D eigenvalue weighted by atomic mass is 9.93. The van der Waals surface area contributed by atoms with Gasteiger partial charge >= 0.3 is 0 Å². The van der Waals surface area contributed by atoms with Crippen LogP contribution in [0.25, 0.3) is 11.1 Å². The molecular formula is C20H25NO4. The lowest BCUT2D eigenvalue weighted by Gasteiger charge is -2.21. The van der Waals surface area contributed by atoms with Crippen LogP contribution in [0.15, 0.2) is 24.3 Å². The summed E-state index contributed by atoms with van der Waals surface area (Å²) < 4.78 is 22.3. The molecule has 0 saturated carbocycles. The van der Waals surface area contributed by atoms with E-state index in [0.29, 0.717) is 17.2 Å². The molecule has 2 aromatic carbocycles. The first-order valence-electron chi connectivity index (χ1n) is 8.35. The molecule has 0 spiro atoms. The van der Waals surface area contributed by atoms with Crippen LogP contribution in [0.2, 0.25) is 0 Å². The van der Waals surface area contributed by atoms with Gasteiger partial charge in [0, 0.05) is 11.6 Å². The molecule has 0 unspecified atom stereocenters. The van der Waals surface area contributed by atoms with E-state index in [4.69, 9.17) is 18.9 Å². The average Bonchev–Trinajstić information content (AvgIpc) is 2.81. The van der Waals surface area contributed by atoms with E-state index in [0.717, 1.165) is 29.7 Å². The summed E-state index contributed by atoms with van der Waals surface area (Å²) in [6, 6.07) is 8.47. The van der Waals surface area contributed by atoms with Crippen molar-refractivity contribution in [2.75, 3.05) is 35.5 Å². The molecule has 1 aliphatic carbocycles. The topological polar surface area (TPSA) is 49.0 Å². The molecule has 2 aromatic rings. The third kappa shape index (κ3) is 2.89. The summed E-state index contributed by atoms with van der Waals surface area (Å²) >= 11 is 0. The van der Waals surface area contributed by atoms with Crippen molar-refractivity contribution in [3.05, 3.63) is 35.4 Å². The van der Waals surface area contributed by atoms with Gasteiger partial charge in [0.2, 0.25) is 5.75 Å². The number of hydrogen-bond donors (Lipinski definition) is 1. The Hall–Kier alpha value is -2.40. The highest BCUT2D eigenvalue weighted by atomic mass is 16.5. The summed E-state index contributed by atoms with van der Waals surface area (Å²) in [7, 11) is 8.63. The molecule has 3 rings (SSSR count). The Labute approximate surface area is 148 Å². The van der Waals surface area contributed by atoms with Gasteiger partial charge < -0.3 is 24.3 Å². The van der Waals surface area contributed by atoms with Gasteiger partial charge in [-0.25, -0.2) is 0 Å². The van der Waals surface area contributed by atoms with Crippen molar-refractivity contribution in [1.29, 1.82) is 0 Å². The number of aryl methyl sites for hydroxylation is 1. The van der Waals surface area contributed by atoms with Crippen molar-refractivity contribution >= 4 is 0 Å². The first kappa shape index (κ1) is 17.4. The van der Waals surface area contributed by atoms with Gasteiger partial charge in [0.15, 0.2) is 11.5 Å². The van der Waals surface area contributed by atoms with Crippen molar-refractivity contribution in [3.63, 3.8) is 0 Å². The largest absolute Gasteiger partial charge is 0.497 e. The molecule has 0 bridgehead atoms. The summed E-state index contributed by atoms with van der Waals surface area (Å²) in [6.45, 7) is 0. The predicted molar refractivity (Wildman–Crippen MR) is 98.2 cm³/mol. The molecule has 134 valence electrons. The van der Waals surface area contributed by atoms with Crippen molar-refractivity contribution in [2.45, 2.75) is 18.9 Å². The molecule has 1 aliphatic rings. The Morgan fingerprint density at radius 2 is 1.68 bits per heavy atom. The molecule has 0 heterocycles. The van der Waals surface area contributed by atoms with Crippen LogP contribution in [0.1, 0.15) is 23.6 Å². The normalized spacial score (nSPS) is 15.6. The standard InChI is InChI=1S/C20H25NO4/c1-21-16-9-6-12-10-17(23-3)19(24-4)20(25-5)18(12)14-8-7-13(22-2)11-15(14)16/h7-8,10-11,16,21H,6,9H2,1-5H3/t16-/m0/s1. The molecule has 25 heavy (non-hydrogen) atoms. The van der Waals surface area contributed by atoms with Crippen LogP contribution in [0.4, 0.5) is 0 Å². The molecule has 5 nitrogen and oxygen atoms in total. The molecule has 1 N–H and O–H groups in total. The lowest BCUT2D eigenvalue weighted by Crippen LogP contribution is -2.16. The van der Waals surface area contributed by atoms with Crippen molar-refractivity contribution < 1.29 is 18.9 Å². The van der Waals surface area contributed by atoms with Crippen molar-refractivity contribution in [2.24, 2.45) is 0 Å².